The quantitative estimate of drug-likeness (QED) is 0.754. The fraction of sp³-hybridized carbons (Fsp3) is 0.500. The lowest BCUT2D eigenvalue weighted by molar-refractivity contribution is 0.269. The van der Waals surface area contributed by atoms with Crippen molar-refractivity contribution in [2.45, 2.75) is 13.1 Å². The molecular formula is C6H13Cl2N3O. The molecule has 3 N–H and O–H groups in total. The Hall–Kier alpha value is -0.290. The Labute approximate surface area is 83.6 Å². The number of nitrogens with two attached hydrogens (primary N) is 1. The normalized spacial score (nSPS) is 8.50. The van der Waals surface area contributed by atoms with Crippen LogP contribution in [0.1, 0.15) is 5.69 Å². The Bertz CT molecular complexity index is 204. The van der Waals surface area contributed by atoms with Crippen molar-refractivity contribution >= 4 is 24.8 Å². The zero-order valence-corrected chi connectivity index (χ0v) is 8.14. The maximum absolute atomic E-state index is 8.51. The van der Waals surface area contributed by atoms with Crippen molar-refractivity contribution in [3.05, 3.63) is 18.0 Å². The number of aliphatic hydroxyl groups is 1. The molecule has 0 bridgehead atoms. The Morgan fingerprint density at radius 2 is 2.17 bits per heavy atom. The van der Waals surface area contributed by atoms with Gasteiger partial charge in [-0.15, -0.1) is 24.8 Å². The molecule has 0 aromatic carbocycles. The maximum atomic E-state index is 8.51. The number of halogens is 2. The van der Waals surface area contributed by atoms with Crippen LogP contribution in [-0.4, -0.2) is 21.5 Å². The van der Waals surface area contributed by atoms with Gasteiger partial charge in [0.05, 0.1) is 18.8 Å². The second-order valence-corrected chi connectivity index (χ2v) is 2.00. The summed E-state index contributed by atoms with van der Waals surface area (Å²) in [7, 11) is 0. The number of rotatable bonds is 3. The van der Waals surface area contributed by atoms with Crippen molar-refractivity contribution < 1.29 is 5.11 Å². The Balaban J connectivity index is 0. The lowest BCUT2D eigenvalue weighted by Crippen LogP contribution is -2.04. The van der Waals surface area contributed by atoms with Crippen LogP contribution in [0.3, 0.4) is 0 Å². The summed E-state index contributed by atoms with van der Waals surface area (Å²) in [5.74, 6) is 0. The van der Waals surface area contributed by atoms with E-state index < -0.39 is 0 Å². The first-order valence-electron chi connectivity index (χ1n) is 3.20. The highest BCUT2D eigenvalue weighted by atomic mass is 35.5. The summed E-state index contributed by atoms with van der Waals surface area (Å²) in [6, 6.07) is 1.84. The van der Waals surface area contributed by atoms with E-state index in [1.54, 1.807) is 10.9 Å². The van der Waals surface area contributed by atoms with E-state index in [2.05, 4.69) is 5.10 Å². The summed E-state index contributed by atoms with van der Waals surface area (Å²) in [4.78, 5) is 0. The molecule has 6 heteroatoms. The minimum absolute atomic E-state index is 0. The molecule has 1 aromatic heterocycles. The molecule has 1 heterocycles. The molecule has 0 amide bonds. The van der Waals surface area contributed by atoms with Crippen molar-refractivity contribution in [3.63, 3.8) is 0 Å². The van der Waals surface area contributed by atoms with Gasteiger partial charge in [0.15, 0.2) is 0 Å². The van der Waals surface area contributed by atoms with Crippen LogP contribution in [0.2, 0.25) is 0 Å². The van der Waals surface area contributed by atoms with Crippen molar-refractivity contribution in [2.24, 2.45) is 5.73 Å². The van der Waals surface area contributed by atoms with Crippen LogP contribution in [0.5, 0.6) is 0 Å². The van der Waals surface area contributed by atoms with Crippen LogP contribution in [0.15, 0.2) is 12.3 Å². The molecule has 0 aliphatic rings. The average Bonchev–Trinajstić information content (AvgIpc) is 2.37. The number of hydrogen-bond acceptors (Lipinski definition) is 3. The molecule has 0 aliphatic heterocycles. The summed E-state index contributed by atoms with van der Waals surface area (Å²) < 4.78 is 1.67. The van der Waals surface area contributed by atoms with Gasteiger partial charge in [0, 0.05) is 12.7 Å². The lowest BCUT2D eigenvalue weighted by atomic mass is 10.4. The van der Waals surface area contributed by atoms with Crippen molar-refractivity contribution in [3.8, 4) is 0 Å². The molecule has 72 valence electrons. The molecule has 0 fully saturated rings. The summed E-state index contributed by atoms with van der Waals surface area (Å²) in [6.07, 6.45) is 1.80. The lowest BCUT2D eigenvalue weighted by Gasteiger charge is -1.94. The third kappa shape index (κ3) is 3.92. The van der Waals surface area contributed by atoms with Gasteiger partial charge in [-0.2, -0.15) is 5.10 Å². The second kappa shape index (κ2) is 7.36. The van der Waals surface area contributed by atoms with Gasteiger partial charge in [0.1, 0.15) is 0 Å². The van der Waals surface area contributed by atoms with Gasteiger partial charge in [-0.3, -0.25) is 4.68 Å². The number of nitrogens with zero attached hydrogens (tertiary/aromatic N) is 2. The van der Waals surface area contributed by atoms with Gasteiger partial charge in [-0.25, -0.2) is 0 Å². The molecular weight excluding hydrogens is 201 g/mol. The van der Waals surface area contributed by atoms with Gasteiger partial charge < -0.3 is 10.8 Å². The fourth-order valence-electron chi connectivity index (χ4n) is 0.740. The van der Waals surface area contributed by atoms with Gasteiger partial charge in [0.2, 0.25) is 0 Å². The van der Waals surface area contributed by atoms with Crippen LogP contribution in [0.25, 0.3) is 0 Å². The highest BCUT2D eigenvalue weighted by Crippen LogP contribution is 1.92. The van der Waals surface area contributed by atoms with E-state index in [1.165, 1.54) is 0 Å². The van der Waals surface area contributed by atoms with Crippen molar-refractivity contribution in [1.29, 1.82) is 0 Å². The molecule has 0 spiro atoms. The predicted molar refractivity (Wildman–Crippen MR) is 51.7 cm³/mol. The van der Waals surface area contributed by atoms with Gasteiger partial charge in [-0.1, -0.05) is 0 Å². The minimum atomic E-state index is 0. The smallest absolute Gasteiger partial charge is 0.0760 e. The number of hydrogen-bond donors (Lipinski definition) is 2. The Kier molecular flexibility index (Phi) is 8.74. The zero-order valence-electron chi connectivity index (χ0n) is 6.51. The highest BCUT2D eigenvalue weighted by Gasteiger charge is 1.93. The van der Waals surface area contributed by atoms with Gasteiger partial charge in [0.25, 0.3) is 0 Å². The predicted octanol–water partition coefficient (Wildman–Crippen LogP) is 0.178. The zero-order chi connectivity index (χ0) is 7.40. The van der Waals surface area contributed by atoms with E-state index in [-0.39, 0.29) is 31.4 Å². The van der Waals surface area contributed by atoms with E-state index in [4.69, 9.17) is 10.8 Å². The average molecular weight is 214 g/mol. The fourth-order valence-corrected chi connectivity index (χ4v) is 0.740. The van der Waals surface area contributed by atoms with E-state index in [0.29, 0.717) is 13.1 Å². The van der Waals surface area contributed by atoms with Crippen molar-refractivity contribution in [2.75, 3.05) is 6.61 Å². The minimum Gasteiger partial charge on any atom is -0.394 e. The molecule has 0 saturated heterocycles. The van der Waals surface area contributed by atoms with Crippen LogP contribution in [0, 0.1) is 0 Å². The van der Waals surface area contributed by atoms with Crippen LogP contribution < -0.4 is 5.73 Å². The first-order chi connectivity index (χ1) is 4.86. The van der Waals surface area contributed by atoms with Crippen LogP contribution in [0.4, 0.5) is 0 Å². The Morgan fingerprint density at radius 3 is 2.58 bits per heavy atom. The number of aliphatic hydroxyl groups excluding tert-OH is 1. The van der Waals surface area contributed by atoms with E-state index in [0.717, 1.165) is 5.69 Å². The molecule has 0 radical (unpaired) electrons. The van der Waals surface area contributed by atoms with E-state index in [1.807, 2.05) is 6.07 Å². The summed E-state index contributed by atoms with van der Waals surface area (Å²) in [5.41, 5.74) is 6.18. The monoisotopic (exact) mass is 213 g/mol. The second-order valence-electron chi connectivity index (χ2n) is 2.00. The molecule has 1 aromatic rings. The van der Waals surface area contributed by atoms with Crippen LogP contribution in [-0.2, 0) is 13.1 Å². The van der Waals surface area contributed by atoms with E-state index in [9.17, 15) is 0 Å². The van der Waals surface area contributed by atoms with Gasteiger partial charge >= 0.3 is 0 Å². The molecule has 0 aliphatic carbocycles. The van der Waals surface area contributed by atoms with Crippen molar-refractivity contribution in [1.82, 2.24) is 9.78 Å². The number of aromatic nitrogens is 2. The summed E-state index contributed by atoms with van der Waals surface area (Å²) in [6.45, 7) is 1.12. The SMILES string of the molecule is Cl.Cl.NCc1ccn(CCO)n1. The summed E-state index contributed by atoms with van der Waals surface area (Å²) in [5, 5.41) is 12.6. The molecule has 0 atom stereocenters. The molecule has 4 nitrogen and oxygen atoms in total. The largest absolute Gasteiger partial charge is 0.394 e. The standard InChI is InChI=1S/C6H11N3O.2ClH/c7-5-6-1-2-9(8-6)3-4-10;;/h1-2,10H,3-5,7H2;2*1H. The van der Waals surface area contributed by atoms with Crippen LogP contribution >= 0.6 is 24.8 Å². The summed E-state index contributed by atoms with van der Waals surface area (Å²) >= 11 is 0. The van der Waals surface area contributed by atoms with E-state index >= 15 is 0 Å². The first-order valence-corrected chi connectivity index (χ1v) is 3.20. The third-order valence-electron chi connectivity index (χ3n) is 1.23. The van der Waals surface area contributed by atoms with Gasteiger partial charge in [-0.05, 0) is 6.07 Å². The Morgan fingerprint density at radius 1 is 1.50 bits per heavy atom. The topological polar surface area (TPSA) is 64.1 Å². The third-order valence-corrected chi connectivity index (χ3v) is 1.23. The molecule has 0 unspecified atom stereocenters. The first kappa shape index (κ1) is 14.2. The maximum Gasteiger partial charge on any atom is 0.0760 e. The molecule has 0 saturated carbocycles. The highest BCUT2D eigenvalue weighted by molar-refractivity contribution is 5.85. The molecule has 1 rings (SSSR count). The molecule has 12 heavy (non-hydrogen) atoms.